The molecule has 0 aliphatic carbocycles. The van der Waals surface area contributed by atoms with E-state index in [4.69, 9.17) is 0 Å². The van der Waals surface area contributed by atoms with E-state index in [-0.39, 0.29) is 5.91 Å². The van der Waals surface area contributed by atoms with Gasteiger partial charge >= 0.3 is 0 Å². The number of amides is 1. The minimum absolute atomic E-state index is 0.0834. The number of carbonyl (C=O) groups is 1. The Kier molecular flexibility index (Phi) is 6.32. The number of anilines is 2. The minimum atomic E-state index is -0.0834. The number of rotatable bonds is 7. The van der Waals surface area contributed by atoms with E-state index in [1.807, 2.05) is 26.2 Å². The molecule has 5 heteroatoms. The summed E-state index contributed by atoms with van der Waals surface area (Å²) in [5.41, 5.74) is 3.97. The van der Waals surface area contributed by atoms with E-state index in [1.54, 1.807) is 12.3 Å². The Balaban J connectivity index is 1.94. The van der Waals surface area contributed by atoms with Crippen molar-refractivity contribution in [2.24, 2.45) is 0 Å². The van der Waals surface area contributed by atoms with Gasteiger partial charge in [0, 0.05) is 18.4 Å². The van der Waals surface area contributed by atoms with Crippen LogP contribution >= 0.6 is 0 Å². The van der Waals surface area contributed by atoms with Gasteiger partial charge in [0.1, 0.15) is 5.82 Å². The van der Waals surface area contributed by atoms with Crippen LogP contribution in [0.1, 0.15) is 27.9 Å². The monoisotopic (exact) mass is 326 g/mol. The molecule has 0 spiro atoms. The van der Waals surface area contributed by atoms with Crippen molar-refractivity contribution < 1.29 is 4.79 Å². The van der Waals surface area contributed by atoms with Gasteiger partial charge in [-0.15, -0.1) is 0 Å². The zero-order chi connectivity index (χ0) is 17.5. The van der Waals surface area contributed by atoms with Gasteiger partial charge in [-0.05, 0) is 64.2 Å². The molecule has 0 radical (unpaired) electrons. The molecular formula is C19H26N4O. The van der Waals surface area contributed by atoms with E-state index < -0.39 is 0 Å². The molecule has 0 fully saturated rings. The maximum atomic E-state index is 12.1. The van der Waals surface area contributed by atoms with Crippen LogP contribution in [0.3, 0.4) is 0 Å². The van der Waals surface area contributed by atoms with Gasteiger partial charge in [-0.3, -0.25) is 4.79 Å². The van der Waals surface area contributed by atoms with Gasteiger partial charge in [0.05, 0.1) is 5.56 Å². The molecule has 1 aromatic heterocycles. The fourth-order valence-electron chi connectivity index (χ4n) is 2.44. The first-order valence-corrected chi connectivity index (χ1v) is 8.19. The average Bonchev–Trinajstić information content (AvgIpc) is 2.55. The normalized spacial score (nSPS) is 10.7. The van der Waals surface area contributed by atoms with Crippen molar-refractivity contribution in [1.29, 1.82) is 0 Å². The van der Waals surface area contributed by atoms with Crippen molar-refractivity contribution in [1.82, 2.24) is 15.2 Å². The minimum Gasteiger partial charge on any atom is -0.352 e. The van der Waals surface area contributed by atoms with Crippen molar-refractivity contribution in [3.8, 4) is 0 Å². The van der Waals surface area contributed by atoms with Gasteiger partial charge in [-0.1, -0.05) is 18.2 Å². The number of benzene rings is 1. The fraction of sp³-hybridized carbons (Fsp3) is 0.368. The van der Waals surface area contributed by atoms with Crippen LogP contribution in [0.2, 0.25) is 0 Å². The first-order valence-electron chi connectivity index (χ1n) is 8.19. The number of nitrogens with one attached hydrogen (secondary N) is 2. The maximum absolute atomic E-state index is 12.1. The number of aromatic nitrogens is 1. The molecule has 2 aromatic rings. The van der Waals surface area contributed by atoms with Gasteiger partial charge < -0.3 is 15.5 Å². The molecule has 0 atom stereocenters. The Hall–Kier alpha value is -2.40. The molecule has 0 bridgehead atoms. The summed E-state index contributed by atoms with van der Waals surface area (Å²) in [5.74, 6) is 0.649. The Morgan fingerprint density at radius 2 is 1.83 bits per heavy atom. The Bertz CT molecular complexity index is 660. The topological polar surface area (TPSA) is 57.3 Å². The lowest BCUT2D eigenvalue weighted by molar-refractivity contribution is 0.0952. The number of hydrogen-bond donors (Lipinski definition) is 2. The van der Waals surface area contributed by atoms with Gasteiger partial charge in [0.25, 0.3) is 5.91 Å². The summed E-state index contributed by atoms with van der Waals surface area (Å²) >= 11 is 0. The number of aryl methyl sites for hydroxylation is 2. The highest BCUT2D eigenvalue weighted by Crippen LogP contribution is 2.23. The first-order chi connectivity index (χ1) is 11.5. The SMILES string of the molecule is Cc1cccc(C)c1Nc1ccc(C(=O)NCCCN(C)C)cn1. The van der Waals surface area contributed by atoms with Crippen LogP contribution in [0.4, 0.5) is 11.5 Å². The maximum Gasteiger partial charge on any atom is 0.252 e. The summed E-state index contributed by atoms with van der Waals surface area (Å²) in [7, 11) is 4.04. The molecule has 0 saturated carbocycles. The predicted molar refractivity (Wildman–Crippen MR) is 98.9 cm³/mol. The van der Waals surface area contributed by atoms with E-state index in [2.05, 4.69) is 46.5 Å². The molecule has 0 unspecified atom stereocenters. The van der Waals surface area contributed by atoms with Crippen molar-refractivity contribution in [2.75, 3.05) is 32.5 Å². The highest BCUT2D eigenvalue weighted by atomic mass is 16.1. The summed E-state index contributed by atoms with van der Waals surface area (Å²) < 4.78 is 0. The quantitative estimate of drug-likeness (QED) is 0.768. The molecule has 5 nitrogen and oxygen atoms in total. The van der Waals surface area contributed by atoms with E-state index in [9.17, 15) is 4.79 Å². The van der Waals surface area contributed by atoms with Crippen LogP contribution in [0, 0.1) is 13.8 Å². The lowest BCUT2D eigenvalue weighted by Gasteiger charge is -2.12. The summed E-state index contributed by atoms with van der Waals surface area (Å²) in [6.45, 7) is 5.74. The lowest BCUT2D eigenvalue weighted by atomic mass is 10.1. The van der Waals surface area contributed by atoms with Crippen LogP contribution in [0.5, 0.6) is 0 Å². The Labute approximate surface area is 144 Å². The third-order valence-electron chi connectivity index (χ3n) is 3.83. The molecule has 1 amide bonds. The second-order valence-corrected chi connectivity index (χ2v) is 6.24. The first kappa shape index (κ1) is 17.9. The highest BCUT2D eigenvalue weighted by molar-refractivity contribution is 5.94. The van der Waals surface area contributed by atoms with Gasteiger partial charge in [-0.2, -0.15) is 0 Å². The largest absolute Gasteiger partial charge is 0.352 e. The summed E-state index contributed by atoms with van der Waals surface area (Å²) in [5, 5.41) is 6.24. The van der Waals surface area contributed by atoms with Gasteiger partial charge in [-0.25, -0.2) is 4.98 Å². The molecule has 1 aromatic carbocycles. The van der Waals surface area contributed by atoms with Crippen molar-refractivity contribution in [3.05, 3.63) is 53.2 Å². The molecule has 128 valence electrons. The third kappa shape index (κ3) is 5.06. The lowest BCUT2D eigenvalue weighted by Crippen LogP contribution is -2.27. The van der Waals surface area contributed by atoms with Crippen molar-refractivity contribution >= 4 is 17.4 Å². The number of para-hydroxylation sites is 1. The van der Waals surface area contributed by atoms with Crippen LogP contribution in [0.25, 0.3) is 0 Å². The zero-order valence-electron chi connectivity index (χ0n) is 14.9. The zero-order valence-corrected chi connectivity index (χ0v) is 14.9. The number of nitrogens with zero attached hydrogens (tertiary/aromatic N) is 2. The Morgan fingerprint density at radius 1 is 1.12 bits per heavy atom. The van der Waals surface area contributed by atoms with E-state index >= 15 is 0 Å². The van der Waals surface area contributed by atoms with Crippen LogP contribution in [0.15, 0.2) is 36.5 Å². The van der Waals surface area contributed by atoms with E-state index in [0.717, 1.165) is 24.5 Å². The molecule has 2 rings (SSSR count). The number of carbonyl (C=O) groups excluding carboxylic acids is 1. The highest BCUT2D eigenvalue weighted by Gasteiger charge is 2.07. The molecule has 0 aliphatic rings. The average molecular weight is 326 g/mol. The smallest absolute Gasteiger partial charge is 0.252 e. The molecule has 24 heavy (non-hydrogen) atoms. The molecular weight excluding hydrogens is 300 g/mol. The van der Waals surface area contributed by atoms with Gasteiger partial charge in [0.15, 0.2) is 0 Å². The standard InChI is InChI=1S/C19H26N4O/c1-14-7-5-8-15(2)18(14)22-17-10-9-16(13-21-17)19(24)20-11-6-12-23(3)4/h5,7-10,13H,6,11-12H2,1-4H3,(H,20,24)(H,21,22). The molecule has 0 saturated heterocycles. The second kappa shape index (κ2) is 8.45. The number of hydrogen-bond acceptors (Lipinski definition) is 4. The molecule has 1 heterocycles. The van der Waals surface area contributed by atoms with E-state index in [1.165, 1.54) is 11.1 Å². The number of pyridine rings is 1. The van der Waals surface area contributed by atoms with Crippen LogP contribution in [-0.2, 0) is 0 Å². The third-order valence-corrected chi connectivity index (χ3v) is 3.83. The van der Waals surface area contributed by atoms with Gasteiger partial charge in [0.2, 0.25) is 0 Å². The summed E-state index contributed by atoms with van der Waals surface area (Å²) in [6.07, 6.45) is 2.54. The van der Waals surface area contributed by atoms with Crippen LogP contribution in [-0.4, -0.2) is 43.0 Å². The van der Waals surface area contributed by atoms with Crippen LogP contribution < -0.4 is 10.6 Å². The fourth-order valence-corrected chi connectivity index (χ4v) is 2.44. The molecule has 0 aliphatic heterocycles. The summed E-state index contributed by atoms with van der Waals surface area (Å²) in [6, 6.07) is 9.79. The predicted octanol–water partition coefficient (Wildman–Crippen LogP) is 3.12. The Morgan fingerprint density at radius 3 is 2.42 bits per heavy atom. The van der Waals surface area contributed by atoms with Crippen molar-refractivity contribution in [2.45, 2.75) is 20.3 Å². The summed E-state index contributed by atoms with van der Waals surface area (Å²) in [4.78, 5) is 18.5. The molecule has 2 N–H and O–H groups in total. The van der Waals surface area contributed by atoms with Crippen molar-refractivity contribution in [3.63, 3.8) is 0 Å². The second-order valence-electron chi connectivity index (χ2n) is 6.24. The van der Waals surface area contributed by atoms with E-state index in [0.29, 0.717) is 12.1 Å².